The van der Waals surface area contributed by atoms with Crippen LogP contribution in [-0.2, 0) is 0 Å². The molecule has 0 saturated heterocycles. The molecule has 1 aromatic heterocycles. The Labute approximate surface area is 113 Å². The average Bonchev–Trinajstić information content (AvgIpc) is 2.23. The molecule has 9 heteroatoms. The second kappa shape index (κ2) is 6.23. The van der Waals surface area contributed by atoms with Gasteiger partial charge in [0.25, 0.3) is 0 Å². The Hall–Kier alpha value is -1.31. The van der Waals surface area contributed by atoms with E-state index in [4.69, 9.17) is 16.3 Å². The van der Waals surface area contributed by atoms with Crippen molar-refractivity contribution < 1.29 is 17.9 Å². The molecule has 1 heterocycles. The first-order valence-corrected chi connectivity index (χ1v) is 5.91. The Morgan fingerprint density at radius 2 is 1.89 bits per heavy atom. The lowest BCUT2D eigenvalue weighted by Gasteiger charge is -2.18. The minimum atomic E-state index is -4.23. The van der Waals surface area contributed by atoms with Gasteiger partial charge in [-0.2, -0.15) is 28.1 Å². The van der Waals surface area contributed by atoms with Crippen molar-refractivity contribution in [3.8, 4) is 6.01 Å². The fraction of sp³-hybridized carbons (Fsp3) is 0.700. The molecule has 0 unspecified atom stereocenters. The number of nitrogens with zero attached hydrogens (tertiary/aromatic N) is 4. The summed E-state index contributed by atoms with van der Waals surface area (Å²) in [5.41, 5.74) is 0. The molecule has 0 aliphatic carbocycles. The SMILES string of the molecule is CC(C)Oc1nc(Cl)nc(N(C)CCC(F)(F)F)n1. The first-order chi connectivity index (χ1) is 8.67. The van der Waals surface area contributed by atoms with E-state index in [0.717, 1.165) is 0 Å². The third-order valence-corrected chi connectivity index (χ3v) is 2.16. The van der Waals surface area contributed by atoms with Crippen LogP contribution in [0.2, 0.25) is 5.28 Å². The second-order valence-electron chi connectivity index (χ2n) is 4.14. The summed E-state index contributed by atoms with van der Waals surface area (Å²) >= 11 is 5.68. The van der Waals surface area contributed by atoms with Crippen molar-refractivity contribution >= 4 is 17.5 Å². The summed E-state index contributed by atoms with van der Waals surface area (Å²) < 4.78 is 41.6. The maximum Gasteiger partial charge on any atom is 0.390 e. The normalized spacial score (nSPS) is 11.8. The zero-order valence-corrected chi connectivity index (χ0v) is 11.5. The molecule has 0 atom stereocenters. The van der Waals surface area contributed by atoms with Gasteiger partial charge in [-0.05, 0) is 25.4 Å². The van der Waals surface area contributed by atoms with E-state index in [1.165, 1.54) is 11.9 Å². The largest absolute Gasteiger partial charge is 0.461 e. The minimum Gasteiger partial charge on any atom is -0.461 e. The predicted octanol–water partition coefficient (Wildman–Crippen LogP) is 2.70. The average molecular weight is 299 g/mol. The summed E-state index contributed by atoms with van der Waals surface area (Å²) in [7, 11) is 1.44. The topological polar surface area (TPSA) is 51.1 Å². The van der Waals surface area contributed by atoms with Gasteiger partial charge in [0.05, 0.1) is 12.5 Å². The van der Waals surface area contributed by atoms with Crippen molar-refractivity contribution in [1.82, 2.24) is 15.0 Å². The molecule has 0 spiro atoms. The van der Waals surface area contributed by atoms with E-state index in [0.29, 0.717) is 0 Å². The summed E-state index contributed by atoms with van der Waals surface area (Å²) in [6, 6.07) is -0.0103. The molecular weight excluding hydrogens is 285 g/mol. The van der Waals surface area contributed by atoms with Crippen LogP contribution >= 0.6 is 11.6 Å². The summed E-state index contributed by atoms with van der Waals surface area (Å²) in [5.74, 6) is 0.0416. The highest BCUT2D eigenvalue weighted by Gasteiger charge is 2.27. The molecule has 0 saturated carbocycles. The molecule has 0 bridgehead atoms. The monoisotopic (exact) mass is 298 g/mol. The van der Waals surface area contributed by atoms with Gasteiger partial charge < -0.3 is 9.64 Å². The predicted molar refractivity (Wildman–Crippen MR) is 64.5 cm³/mol. The molecule has 0 aliphatic heterocycles. The number of alkyl halides is 3. The number of anilines is 1. The summed E-state index contributed by atoms with van der Waals surface area (Å²) in [6.45, 7) is 3.26. The van der Waals surface area contributed by atoms with E-state index in [9.17, 15) is 13.2 Å². The molecule has 0 radical (unpaired) electrons. The smallest absolute Gasteiger partial charge is 0.390 e. The fourth-order valence-corrected chi connectivity index (χ4v) is 1.30. The lowest BCUT2D eigenvalue weighted by Crippen LogP contribution is -2.26. The molecule has 19 heavy (non-hydrogen) atoms. The molecule has 0 aromatic carbocycles. The van der Waals surface area contributed by atoms with Crippen LogP contribution in [0.4, 0.5) is 19.1 Å². The van der Waals surface area contributed by atoms with Crippen LogP contribution in [0.25, 0.3) is 0 Å². The van der Waals surface area contributed by atoms with Gasteiger partial charge >= 0.3 is 12.2 Å². The van der Waals surface area contributed by atoms with Gasteiger partial charge in [0, 0.05) is 13.6 Å². The lowest BCUT2D eigenvalue weighted by atomic mass is 10.4. The van der Waals surface area contributed by atoms with E-state index in [1.54, 1.807) is 13.8 Å². The molecule has 0 fully saturated rings. The Morgan fingerprint density at radius 1 is 1.26 bits per heavy atom. The first kappa shape index (κ1) is 15.7. The van der Waals surface area contributed by atoms with Gasteiger partial charge in [-0.25, -0.2) is 0 Å². The molecule has 0 N–H and O–H groups in total. The van der Waals surface area contributed by atoms with Crippen molar-refractivity contribution in [2.24, 2.45) is 0 Å². The van der Waals surface area contributed by atoms with Gasteiger partial charge in [0.2, 0.25) is 11.2 Å². The first-order valence-electron chi connectivity index (χ1n) is 5.53. The highest BCUT2D eigenvalue weighted by Crippen LogP contribution is 2.21. The quantitative estimate of drug-likeness (QED) is 0.836. The van der Waals surface area contributed by atoms with E-state index in [2.05, 4.69) is 15.0 Å². The van der Waals surface area contributed by atoms with Gasteiger partial charge in [-0.15, -0.1) is 0 Å². The van der Waals surface area contributed by atoms with Gasteiger partial charge in [0.15, 0.2) is 0 Å². The number of rotatable bonds is 5. The van der Waals surface area contributed by atoms with Crippen LogP contribution in [0.15, 0.2) is 0 Å². The third-order valence-electron chi connectivity index (χ3n) is 1.99. The second-order valence-corrected chi connectivity index (χ2v) is 4.48. The summed E-state index contributed by atoms with van der Waals surface area (Å²) in [5, 5.41) is -0.125. The van der Waals surface area contributed by atoms with Crippen LogP contribution < -0.4 is 9.64 Å². The van der Waals surface area contributed by atoms with E-state index in [-0.39, 0.29) is 29.9 Å². The van der Waals surface area contributed by atoms with Crippen molar-refractivity contribution in [3.63, 3.8) is 0 Å². The number of ether oxygens (including phenoxy) is 1. The van der Waals surface area contributed by atoms with Gasteiger partial charge in [-0.1, -0.05) is 0 Å². The van der Waals surface area contributed by atoms with Crippen LogP contribution in [0.1, 0.15) is 20.3 Å². The van der Waals surface area contributed by atoms with Crippen LogP contribution in [-0.4, -0.2) is 40.8 Å². The van der Waals surface area contributed by atoms with E-state index in [1.807, 2.05) is 0 Å². The molecule has 1 aromatic rings. The molecule has 1 rings (SSSR count). The number of aromatic nitrogens is 3. The molecule has 108 valence electrons. The van der Waals surface area contributed by atoms with Gasteiger partial charge in [0.1, 0.15) is 0 Å². The van der Waals surface area contributed by atoms with Crippen molar-refractivity contribution in [3.05, 3.63) is 5.28 Å². The van der Waals surface area contributed by atoms with Crippen LogP contribution in [0.5, 0.6) is 6.01 Å². The highest BCUT2D eigenvalue weighted by atomic mass is 35.5. The fourth-order valence-electron chi connectivity index (χ4n) is 1.15. The molecule has 5 nitrogen and oxygen atoms in total. The summed E-state index contributed by atoms with van der Waals surface area (Å²) in [4.78, 5) is 12.6. The van der Waals surface area contributed by atoms with E-state index < -0.39 is 12.6 Å². The molecular formula is C10H14ClF3N4O. The maximum absolute atomic E-state index is 12.1. The van der Waals surface area contributed by atoms with Crippen LogP contribution in [0.3, 0.4) is 0 Å². The number of hydrogen-bond acceptors (Lipinski definition) is 5. The highest BCUT2D eigenvalue weighted by molar-refractivity contribution is 6.28. The molecule has 0 amide bonds. The zero-order chi connectivity index (χ0) is 14.6. The number of hydrogen-bond donors (Lipinski definition) is 0. The Balaban J connectivity index is 2.79. The lowest BCUT2D eigenvalue weighted by molar-refractivity contribution is -0.132. The van der Waals surface area contributed by atoms with Crippen LogP contribution in [0, 0.1) is 0 Å². The van der Waals surface area contributed by atoms with Crippen molar-refractivity contribution in [2.45, 2.75) is 32.5 Å². The third kappa shape index (κ3) is 5.91. The Kier molecular flexibility index (Phi) is 5.16. The zero-order valence-electron chi connectivity index (χ0n) is 10.7. The van der Waals surface area contributed by atoms with Gasteiger partial charge in [-0.3, -0.25) is 0 Å². The Morgan fingerprint density at radius 3 is 2.42 bits per heavy atom. The Bertz CT molecular complexity index is 428. The summed E-state index contributed by atoms with van der Waals surface area (Å²) in [6.07, 6.45) is -5.37. The van der Waals surface area contributed by atoms with E-state index >= 15 is 0 Å². The standard InChI is InChI=1S/C10H14ClF3N4O/c1-6(2)19-9-16-7(11)15-8(17-9)18(3)5-4-10(12,13)14/h6H,4-5H2,1-3H3. The van der Waals surface area contributed by atoms with Crippen molar-refractivity contribution in [2.75, 3.05) is 18.5 Å². The number of halogens is 4. The maximum atomic E-state index is 12.1. The minimum absolute atomic E-state index is 0.0103. The molecule has 0 aliphatic rings. The van der Waals surface area contributed by atoms with Crippen molar-refractivity contribution in [1.29, 1.82) is 0 Å².